The van der Waals surface area contributed by atoms with E-state index in [0.29, 0.717) is 21.5 Å². The highest BCUT2D eigenvalue weighted by atomic mass is 79.9. The van der Waals surface area contributed by atoms with Gasteiger partial charge in [-0.1, -0.05) is 28.1 Å². The van der Waals surface area contributed by atoms with Gasteiger partial charge in [-0.3, -0.25) is 0 Å². The molecule has 166 valence electrons. The Bertz CT molecular complexity index is 1380. The molecule has 0 aliphatic heterocycles. The van der Waals surface area contributed by atoms with Crippen LogP contribution in [0.15, 0.2) is 64.0 Å². The van der Waals surface area contributed by atoms with E-state index in [1.807, 2.05) is 0 Å². The van der Waals surface area contributed by atoms with Gasteiger partial charge in [-0.25, -0.2) is 17.5 Å². The van der Waals surface area contributed by atoms with E-state index >= 15 is 0 Å². The Morgan fingerprint density at radius 2 is 1.97 bits per heavy atom. The first-order valence-electron chi connectivity index (χ1n) is 9.32. The first-order valence-corrected chi connectivity index (χ1v) is 11.6. The summed E-state index contributed by atoms with van der Waals surface area (Å²) in [5.74, 6) is 0.411. The highest BCUT2D eigenvalue weighted by Crippen LogP contribution is 2.27. The first kappa shape index (κ1) is 22.1. The highest BCUT2D eigenvalue weighted by molar-refractivity contribution is 9.10. The van der Waals surface area contributed by atoms with Crippen molar-refractivity contribution in [2.75, 3.05) is 20.3 Å². The number of nitrogens with zero attached hydrogens (tertiary/aromatic N) is 4. The molecule has 12 heteroatoms. The normalized spacial score (nSPS) is 11.6. The number of aromatic nitrogens is 4. The lowest BCUT2D eigenvalue weighted by atomic mass is 10.2. The molecule has 0 spiro atoms. The van der Waals surface area contributed by atoms with E-state index in [2.05, 4.69) is 35.9 Å². The number of nitrogens with one attached hydrogen (secondary N) is 1. The molecule has 0 bridgehead atoms. The summed E-state index contributed by atoms with van der Waals surface area (Å²) >= 11 is 3.26. The standard InChI is InChI=1S/C20H17BrFN5O4S/c1-30-16-6-5-14(21)12-17(16)32(28,29)23-9-10-31-19-8-7-18-24-25-20(27(18)26-19)13-3-2-4-15(22)11-13/h2-8,11-12,23H,9-10H2,1H3. The van der Waals surface area contributed by atoms with Gasteiger partial charge < -0.3 is 9.47 Å². The number of fused-ring (bicyclic) bond motifs is 1. The summed E-state index contributed by atoms with van der Waals surface area (Å²) in [7, 11) is -2.42. The second kappa shape index (κ2) is 9.18. The number of hydrogen-bond donors (Lipinski definition) is 1. The molecule has 4 rings (SSSR count). The molecule has 4 aromatic rings. The molecule has 0 aliphatic rings. The Morgan fingerprint density at radius 3 is 2.75 bits per heavy atom. The number of methoxy groups -OCH3 is 1. The molecule has 1 N–H and O–H groups in total. The predicted molar refractivity (Wildman–Crippen MR) is 118 cm³/mol. The van der Waals surface area contributed by atoms with Gasteiger partial charge in [0, 0.05) is 22.6 Å². The van der Waals surface area contributed by atoms with Crippen LogP contribution in [-0.4, -0.2) is 48.5 Å². The van der Waals surface area contributed by atoms with Crippen molar-refractivity contribution in [2.24, 2.45) is 0 Å². The molecular formula is C20H17BrFN5O4S. The van der Waals surface area contributed by atoms with Crippen molar-refractivity contribution in [1.82, 2.24) is 24.5 Å². The fourth-order valence-electron chi connectivity index (χ4n) is 2.93. The van der Waals surface area contributed by atoms with Crippen LogP contribution >= 0.6 is 15.9 Å². The van der Waals surface area contributed by atoms with Crippen LogP contribution in [0.3, 0.4) is 0 Å². The first-order chi connectivity index (χ1) is 15.4. The van der Waals surface area contributed by atoms with Gasteiger partial charge in [0.15, 0.2) is 11.5 Å². The number of benzene rings is 2. The summed E-state index contributed by atoms with van der Waals surface area (Å²) in [5.41, 5.74) is 0.969. The van der Waals surface area contributed by atoms with Gasteiger partial charge in [-0.2, -0.15) is 4.52 Å². The van der Waals surface area contributed by atoms with Gasteiger partial charge in [-0.05, 0) is 36.4 Å². The lowest BCUT2D eigenvalue weighted by molar-refractivity contribution is 0.305. The van der Waals surface area contributed by atoms with Crippen LogP contribution in [-0.2, 0) is 10.0 Å². The fraction of sp³-hybridized carbons (Fsp3) is 0.150. The Balaban J connectivity index is 1.45. The Labute approximate surface area is 191 Å². The summed E-state index contributed by atoms with van der Waals surface area (Å²) in [6.07, 6.45) is 0. The quantitative estimate of drug-likeness (QED) is 0.355. The topological polar surface area (TPSA) is 108 Å². The van der Waals surface area contributed by atoms with Crippen LogP contribution in [0.5, 0.6) is 11.6 Å². The third-order valence-corrected chi connectivity index (χ3v) is 6.36. The molecule has 0 atom stereocenters. The average Bonchev–Trinajstić information content (AvgIpc) is 3.20. The molecule has 2 aromatic heterocycles. The van der Waals surface area contributed by atoms with Gasteiger partial charge >= 0.3 is 0 Å². The van der Waals surface area contributed by atoms with E-state index < -0.39 is 15.8 Å². The zero-order chi connectivity index (χ0) is 22.7. The van der Waals surface area contributed by atoms with Gasteiger partial charge in [0.1, 0.15) is 23.1 Å². The molecule has 0 fully saturated rings. The number of hydrogen-bond acceptors (Lipinski definition) is 7. The fourth-order valence-corrected chi connectivity index (χ4v) is 4.65. The smallest absolute Gasteiger partial charge is 0.244 e. The van der Waals surface area contributed by atoms with E-state index in [1.165, 1.54) is 29.8 Å². The van der Waals surface area contributed by atoms with Crippen molar-refractivity contribution in [3.05, 3.63) is 64.9 Å². The number of sulfonamides is 1. The second-order valence-electron chi connectivity index (χ2n) is 6.52. The second-order valence-corrected chi connectivity index (χ2v) is 9.17. The van der Waals surface area contributed by atoms with E-state index in [-0.39, 0.29) is 29.7 Å². The minimum Gasteiger partial charge on any atom is -0.495 e. The predicted octanol–water partition coefficient (Wildman–Crippen LogP) is 3.06. The maximum Gasteiger partial charge on any atom is 0.244 e. The van der Waals surface area contributed by atoms with E-state index in [0.717, 1.165) is 0 Å². The zero-order valence-corrected chi connectivity index (χ0v) is 19.1. The van der Waals surface area contributed by atoms with Crippen LogP contribution in [0.25, 0.3) is 17.0 Å². The molecule has 2 aromatic carbocycles. The van der Waals surface area contributed by atoms with Gasteiger partial charge in [-0.15, -0.1) is 15.3 Å². The zero-order valence-electron chi connectivity index (χ0n) is 16.7. The molecule has 2 heterocycles. The van der Waals surface area contributed by atoms with Gasteiger partial charge in [0.05, 0.1) is 7.11 Å². The SMILES string of the molecule is COc1ccc(Br)cc1S(=O)(=O)NCCOc1ccc2nnc(-c3cccc(F)c3)n2n1. The molecule has 0 unspecified atom stereocenters. The number of halogens is 2. The molecule has 0 saturated heterocycles. The maximum absolute atomic E-state index is 13.6. The summed E-state index contributed by atoms with van der Waals surface area (Å²) < 4.78 is 54.0. The number of rotatable bonds is 8. The van der Waals surface area contributed by atoms with Gasteiger partial charge in [0.2, 0.25) is 15.9 Å². The third kappa shape index (κ3) is 4.71. The Kier molecular flexibility index (Phi) is 6.35. The van der Waals surface area contributed by atoms with Gasteiger partial charge in [0.25, 0.3) is 0 Å². The lowest BCUT2D eigenvalue weighted by Gasteiger charge is -2.11. The molecular weight excluding hydrogens is 505 g/mol. The van der Waals surface area contributed by atoms with Crippen LogP contribution in [0, 0.1) is 5.82 Å². The Morgan fingerprint density at radius 1 is 1.12 bits per heavy atom. The molecule has 0 saturated carbocycles. The minimum absolute atomic E-state index is 0.00332. The van der Waals surface area contributed by atoms with Crippen LogP contribution in [0.1, 0.15) is 0 Å². The Hall–Kier alpha value is -3.09. The molecule has 0 aliphatic carbocycles. The highest BCUT2D eigenvalue weighted by Gasteiger charge is 2.19. The van der Waals surface area contributed by atoms with Crippen LogP contribution in [0.4, 0.5) is 4.39 Å². The van der Waals surface area contributed by atoms with Crippen molar-refractivity contribution < 1.29 is 22.3 Å². The van der Waals surface area contributed by atoms with Crippen molar-refractivity contribution in [2.45, 2.75) is 4.90 Å². The summed E-state index contributed by atoms with van der Waals surface area (Å²) in [6.45, 7) is 0.0160. The van der Waals surface area contributed by atoms with E-state index in [9.17, 15) is 12.8 Å². The van der Waals surface area contributed by atoms with E-state index in [1.54, 1.807) is 36.4 Å². The van der Waals surface area contributed by atoms with E-state index in [4.69, 9.17) is 9.47 Å². The summed E-state index contributed by atoms with van der Waals surface area (Å²) in [6, 6.07) is 13.9. The summed E-state index contributed by atoms with van der Waals surface area (Å²) in [5, 5.41) is 12.4. The van der Waals surface area contributed by atoms with Crippen molar-refractivity contribution in [1.29, 1.82) is 0 Å². The monoisotopic (exact) mass is 521 g/mol. The molecule has 32 heavy (non-hydrogen) atoms. The number of ether oxygens (including phenoxy) is 2. The average molecular weight is 522 g/mol. The van der Waals surface area contributed by atoms with Crippen LogP contribution < -0.4 is 14.2 Å². The van der Waals surface area contributed by atoms with Crippen molar-refractivity contribution in [3.63, 3.8) is 0 Å². The lowest BCUT2D eigenvalue weighted by Crippen LogP contribution is -2.28. The maximum atomic E-state index is 13.6. The molecule has 0 amide bonds. The molecule has 0 radical (unpaired) electrons. The van der Waals surface area contributed by atoms with Crippen molar-refractivity contribution >= 4 is 31.6 Å². The minimum atomic E-state index is -3.82. The summed E-state index contributed by atoms with van der Waals surface area (Å²) in [4.78, 5) is 0.0122. The largest absolute Gasteiger partial charge is 0.495 e. The van der Waals surface area contributed by atoms with Crippen LogP contribution in [0.2, 0.25) is 0 Å². The molecule has 9 nitrogen and oxygen atoms in total. The van der Waals surface area contributed by atoms with Crippen molar-refractivity contribution in [3.8, 4) is 23.0 Å². The third-order valence-electron chi connectivity index (χ3n) is 4.38.